The van der Waals surface area contributed by atoms with Crippen LogP contribution in [-0.2, 0) is 14.3 Å². The summed E-state index contributed by atoms with van der Waals surface area (Å²) in [5.74, 6) is -2.27. The fourth-order valence-electron chi connectivity index (χ4n) is 3.63. The number of aliphatic hydroxyl groups excluding tert-OH is 1. The summed E-state index contributed by atoms with van der Waals surface area (Å²) >= 11 is 0. The van der Waals surface area contributed by atoms with Crippen molar-refractivity contribution in [1.29, 1.82) is 0 Å². The molecular formula is C23H24N2O7. The number of nitro groups is 1. The van der Waals surface area contributed by atoms with Gasteiger partial charge in [0.25, 0.3) is 17.4 Å². The molecule has 0 aromatic heterocycles. The minimum Gasteiger partial charge on any atom is -0.508 e. The van der Waals surface area contributed by atoms with Gasteiger partial charge in [-0.2, -0.15) is 0 Å². The largest absolute Gasteiger partial charge is 0.508 e. The molecule has 9 heteroatoms. The minimum atomic E-state index is -0.958. The van der Waals surface area contributed by atoms with Gasteiger partial charge in [0.2, 0.25) is 0 Å². The first kappa shape index (κ1) is 23.0. The van der Waals surface area contributed by atoms with Gasteiger partial charge in [0.1, 0.15) is 11.5 Å². The number of likely N-dealkylation sites (tertiary alicyclic amines) is 1. The summed E-state index contributed by atoms with van der Waals surface area (Å²) in [4.78, 5) is 37.6. The maximum atomic E-state index is 12.9. The van der Waals surface area contributed by atoms with E-state index in [9.17, 15) is 29.9 Å². The van der Waals surface area contributed by atoms with Crippen molar-refractivity contribution in [2.45, 2.75) is 32.4 Å². The second-order valence-electron chi connectivity index (χ2n) is 7.67. The highest BCUT2D eigenvalue weighted by Crippen LogP contribution is 2.40. The van der Waals surface area contributed by atoms with E-state index < -0.39 is 28.4 Å². The van der Waals surface area contributed by atoms with Gasteiger partial charge < -0.3 is 19.8 Å². The molecule has 0 aliphatic carbocycles. The van der Waals surface area contributed by atoms with Crippen LogP contribution in [0.2, 0.25) is 0 Å². The Morgan fingerprint density at radius 1 is 1.19 bits per heavy atom. The van der Waals surface area contributed by atoms with E-state index in [0.29, 0.717) is 18.6 Å². The van der Waals surface area contributed by atoms with Crippen molar-refractivity contribution in [2.24, 2.45) is 0 Å². The number of Topliss-reactive ketones (excluding diaryl/α,β-unsaturated/α-hetero) is 1. The van der Waals surface area contributed by atoms with Crippen LogP contribution in [0.3, 0.4) is 0 Å². The number of carbonyl (C=O) groups is 2. The normalized spacial score (nSPS) is 17.8. The highest BCUT2D eigenvalue weighted by Gasteiger charge is 2.46. The van der Waals surface area contributed by atoms with Crippen molar-refractivity contribution in [2.75, 3.05) is 13.2 Å². The number of phenols is 1. The number of aliphatic hydroxyl groups is 1. The van der Waals surface area contributed by atoms with E-state index in [0.717, 1.165) is 6.07 Å². The van der Waals surface area contributed by atoms with Gasteiger partial charge in [0, 0.05) is 30.8 Å². The fourth-order valence-corrected chi connectivity index (χ4v) is 3.63. The monoisotopic (exact) mass is 440 g/mol. The molecule has 0 radical (unpaired) electrons. The molecule has 1 aliphatic rings. The van der Waals surface area contributed by atoms with Gasteiger partial charge in [-0.15, -0.1) is 0 Å². The molecule has 1 unspecified atom stereocenters. The average Bonchev–Trinajstić information content (AvgIpc) is 3.01. The Kier molecular flexibility index (Phi) is 6.89. The molecule has 1 atom stereocenters. The van der Waals surface area contributed by atoms with Gasteiger partial charge in [0.15, 0.2) is 0 Å². The molecule has 0 spiro atoms. The molecule has 1 aliphatic heterocycles. The Morgan fingerprint density at radius 3 is 2.56 bits per heavy atom. The van der Waals surface area contributed by atoms with Crippen molar-refractivity contribution in [1.82, 2.24) is 4.90 Å². The number of phenolic OH excluding ortho intramolecular Hbond substituents is 1. The lowest BCUT2D eigenvalue weighted by Gasteiger charge is -2.25. The zero-order valence-corrected chi connectivity index (χ0v) is 17.7. The van der Waals surface area contributed by atoms with Crippen LogP contribution in [0.15, 0.2) is 54.1 Å². The molecule has 2 aromatic carbocycles. The summed E-state index contributed by atoms with van der Waals surface area (Å²) in [5.41, 5.74) is 0.0281. The summed E-state index contributed by atoms with van der Waals surface area (Å²) in [6.07, 6.45) is 0.471. The van der Waals surface area contributed by atoms with Crippen LogP contribution in [-0.4, -0.2) is 51.0 Å². The SMILES string of the molecule is CC(C)OCCCN1C(=O)C(=O)/C(=C(\O)c2cccc([N+](=O)[O-])c2)C1c1cccc(O)c1. The molecule has 1 saturated heterocycles. The van der Waals surface area contributed by atoms with Crippen molar-refractivity contribution < 1.29 is 29.5 Å². The molecule has 3 rings (SSSR count). The van der Waals surface area contributed by atoms with Crippen molar-refractivity contribution in [3.8, 4) is 5.75 Å². The number of ketones is 1. The number of benzene rings is 2. The second-order valence-corrected chi connectivity index (χ2v) is 7.67. The van der Waals surface area contributed by atoms with E-state index in [4.69, 9.17) is 4.74 Å². The number of carbonyl (C=O) groups excluding carboxylic acids is 2. The highest BCUT2D eigenvalue weighted by molar-refractivity contribution is 6.46. The summed E-state index contributed by atoms with van der Waals surface area (Å²) in [5, 5.41) is 32.0. The number of nitrogens with zero attached hydrogens (tertiary/aromatic N) is 2. The number of rotatable bonds is 8. The van der Waals surface area contributed by atoms with Crippen LogP contribution in [0.4, 0.5) is 5.69 Å². The smallest absolute Gasteiger partial charge is 0.295 e. The van der Waals surface area contributed by atoms with E-state index in [-0.39, 0.29) is 35.2 Å². The Labute approximate surface area is 184 Å². The lowest BCUT2D eigenvalue weighted by atomic mass is 9.95. The number of nitro benzene ring substituents is 1. The predicted octanol–water partition coefficient (Wildman–Crippen LogP) is 3.54. The third-order valence-electron chi connectivity index (χ3n) is 5.05. The third kappa shape index (κ3) is 4.78. The zero-order chi connectivity index (χ0) is 23.4. The van der Waals surface area contributed by atoms with Gasteiger partial charge in [-0.25, -0.2) is 0 Å². The number of hydrogen-bond acceptors (Lipinski definition) is 7. The van der Waals surface area contributed by atoms with Crippen LogP contribution in [0.25, 0.3) is 5.76 Å². The van der Waals surface area contributed by atoms with E-state index in [1.165, 1.54) is 35.2 Å². The fraction of sp³-hybridized carbons (Fsp3) is 0.304. The van der Waals surface area contributed by atoms with Crippen molar-refractivity contribution in [3.05, 3.63) is 75.3 Å². The van der Waals surface area contributed by atoms with Gasteiger partial charge in [-0.3, -0.25) is 19.7 Å². The molecule has 168 valence electrons. The van der Waals surface area contributed by atoms with Crippen LogP contribution >= 0.6 is 0 Å². The Morgan fingerprint density at radius 2 is 1.91 bits per heavy atom. The average molecular weight is 440 g/mol. The van der Waals surface area contributed by atoms with E-state index in [1.54, 1.807) is 12.1 Å². The van der Waals surface area contributed by atoms with Gasteiger partial charge >= 0.3 is 0 Å². The van der Waals surface area contributed by atoms with Crippen molar-refractivity contribution >= 4 is 23.1 Å². The second kappa shape index (κ2) is 9.61. The maximum Gasteiger partial charge on any atom is 0.295 e. The molecule has 0 bridgehead atoms. The molecule has 32 heavy (non-hydrogen) atoms. The van der Waals surface area contributed by atoms with Gasteiger partial charge in [0.05, 0.1) is 22.6 Å². The number of amides is 1. The Balaban J connectivity index is 2.07. The molecule has 1 fully saturated rings. The number of hydrogen-bond donors (Lipinski definition) is 2. The summed E-state index contributed by atoms with van der Waals surface area (Å²) in [6.45, 7) is 4.33. The third-order valence-corrected chi connectivity index (χ3v) is 5.05. The summed E-state index contributed by atoms with van der Waals surface area (Å²) < 4.78 is 5.51. The van der Waals surface area contributed by atoms with Crippen LogP contribution in [0.5, 0.6) is 5.75 Å². The Bertz CT molecular complexity index is 1080. The quantitative estimate of drug-likeness (QED) is 0.160. The molecule has 1 heterocycles. The zero-order valence-electron chi connectivity index (χ0n) is 17.7. The van der Waals surface area contributed by atoms with E-state index >= 15 is 0 Å². The first-order chi connectivity index (χ1) is 15.2. The summed E-state index contributed by atoms with van der Waals surface area (Å²) in [6, 6.07) is 10.3. The summed E-state index contributed by atoms with van der Waals surface area (Å²) in [7, 11) is 0. The van der Waals surface area contributed by atoms with E-state index in [1.807, 2.05) is 13.8 Å². The number of aromatic hydroxyl groups is 1. The highest BCUT2D eigenvalue weighted by atomic mass is 16.6. The standard InChI is InChI=1S/C23H24N2O7/c1-14(2)32-11-5-10-24-20(15-6-4-9-18(26)13-15)19(22(28)23(24)29)21(27)16-7-3-8-17(12-16)25(30)31/h3-4,6-9,12-14,20,26-27H,5,10-11H2,1-2H3/b21-19-. The van der Waals surface area contributed by atoms with E-state index in [2.05, 4.69) is 0 Å². The topological polar surface area (TPSA) is 130 Å². The first-order valence-electron chi connectivity index (χ1n) is 10.1. The van der Waals surface area contributed by atoms with Crippen LogP contribution in [0.1, 0.15) is 37.4 Å². The molecule has 1 amide bonds. The first-order valence-corrected chi connectivity index (χ1v) is 10.1. The molecule has 9 nitrogen and oxygen atoms in total. The molecule has 0 saturated carbocycles. The van der Waals surface area contributed by atoms with Gasteiger partial charge in [-0.05, 0) is 38.0 Å². The molecule has 2 aromatic rings. The van der Waals surface area contributed by atoms with Crippen molar-refractivity contribution in [3.63, 3.8) is 0 Å². The Hall–Kier alpha value is -3.72. The lowest BCUT2D eigenvalue weighted by Crippen LogP contribution is -2.31. The maximum absolute atomic E-state index is 12.9. The number of non-ortho nitro benzene ring substituents is 1. The molecule has 2 N–H and O–H groups in total. The van der Waals surface area contributed by atoms with Crippen LogP contribution < -0.4 is 0 Å². The van der Waals surface area contributed by atoms with Gasteiger partial charge in [-0.1, -0.05) is 24.3 Å². The van der Waals surface area contributed by atoms with Crippen LogP contribution in [0, 0.1) is 10.1 Å². The number of ether oxygens (including phenoxy) is 1. The predicted molar refractivity (Wildman–Crippen MR) is 116 cm³/mol. The minimum absolute atomic E-state index is 0.0150. The molecular weight excluding hydrogens is 416 g/mol. The lowest BCUT2D eigenvalue weighted by molar-refractivity contribution is -0.384.